The first-order valence-electron chi connectivity index (χ1n) is 10.8. The van der Waals surface area contributed by atoms with E-state index in [-0.39, 0.29) is 24.2 Å². The molecule has 168 valence electrons. The normalized spacial score (nSPS) is 10.7. The maximum Gasteiger partial charge on any atom is 0.254 e. The number of amides is 2. The molecule has 0 fully saturated rings. The number of hydrogen-bond acceptors (Lipinski definition) is 3. The summed E-state index contributed by atoms with van der Waals surface area (Å²) in [5.41, 5.74) is 3.07. The van der Waals surface area contributed by atoms with Crippen LogP contribution >= 0.6 is 0 Å². The van der Waals surface area contributed by atoms with E-state index in [1.807, 2.05) is 18.2 Å². The van der Waals surface area contributed by atoms with Crippen molar-refractivity contribution in [3.05, 3.63) is 77.7 Å². The van der Waals surface area contributed by atoms with Crippen molar-refractivity contribution in [1.29, 1.82) is 0 Å². The van der Waals surface area contributed by atoms with E-state index in [1.165, 1.54) is 17.0 Å². The highest BCUT2D eigenvalue weighted by atomic mass is 19.1. The van der Waals surface area contributed by atoms with E-state index in [2.05, 4.69) is 10.2 Å². The van der Waals surface area contributed by atoms with E-state index in [0.29, 0.717) is 12.1 Å². The van der Waals surface area contributed by atoms with Crippen molar-refractivity contribution >= 4 is 11.8 Å². The fraction of sp³-hybridized carbons (Fsp3) is 0.320. The Balaban J connectivity index is 1.35. The third-order valence-electron chi connectivity index (χ3n) is 5.36. The fourth-order valence-electron chi connectivity index (χ4n) is 3.45. The van der Waals surface area contributed by atoms with Gasteiger partial charge in [-0.15, -0.1) is 0 Å². The standard InChI is InChI=1S/C25H29FN4O2/c1-29(24(31)18-30(2)25(32)19-10-5-3-6-11-19)15-8-4-7-14-22-17-23(28-27-22)20-12-9-13-21(26)16-20/h3,5-6,9-13,16-17H,4,7-8,14-15,18H2,1-2H3,(H,27,28). The van der Waals surface area contributed by atoms with Gasteiger partial charge >= 0.3 is 0 Å². The van der Waals surface area contributed by atoms with Crippen LogP contribution < -0.4 is 0 Å². The Morgan fingerprint density at radius 3 is 2.47 bits per heavy atom. The molecule has 0 bridgehead atoms. The summed E-state index contributed by atoms with van der Waals surface area (Å²) in [4.78, 5) is 27.9. The second kappa shape index (κ2) is 11.2. The monoisotopic (exact) mass is 436 g/mol. The molecule has 0 radical (unpaired) electrons. The number of nitrogens with one attached hydrogen (secondary N) is 1. The molecule has 2 aromatic carbocycles. The van der Waals surface area contributed by atoms with E-state index in [0.717, 1.165) is 42.6 Å². The number of H-pyrrole nitrogens is 1. The van der Waals surface area contributed by atoms with Crippen molar-refractivity contribution in [2.45, 2.75) is 25.7 Å². The molecule has 0 aliphatic heterocycles. The summed E-state index contributed by atoms with van der Waals surface area (Å²) in [6, 6.07) is 17.3. The summed E-state index contributed by atoms with van der Waals surface area (Å²) in [7, 11) is 3.41. The number of carbonyl (C=O) groups is 2. The Labute approximate surface area is 188 Å². The summed E-state index contributed by atoms with van der Waals surface area (Å²) >= 11 is 0. The Morgan fingerprint density at radius 1 is 0.938 bits per heavy atom. The number of likely N-dealkylation sites (N-methyl/N-ethyl adjacent to an activating group) is 2. The second-order valence-corrected chi connectivity index (χ2v) is 7.94. The van der Waals surface area contributed by atoms with Crippen molar-refractivity contribution in [2.75, 3.05) is 27.2 Å². The predicted molar refractivity (Wildman–Crippen MR) is 123 cm³/mol. The minimum absolute atomic E-state index is 0.0568. The summed E-state index contributed by atoms with van der Waals surface area (Å²) < 4.78 is 13.4. The van der Waals surface area contributed by atoms with Gasteiger partial charge in [0.05, 0.1) is 12.2 Å². The van der Waals surface area contributed by atoms with Crippen LogP contribution in [0.2, 0.25) is 0 Å². The van der Waals surface area contributed by atoms with Gasteiger partial charge in [0.15, 0.2) is 0 Å². The topological polar surface area (TPSA) is 69.3 Å². The first-order chi connectivity index (χ1) is 15.4. The van der Waals surface area contributed by atoms with Crippen LogP contribution in [0.4, 0.5) is 4.39 Å². The molecule has 3 rings (SSSR count). The number of aromatic amines is 1. The van der Waals surface area contributed by atoms with Gasteiger partial charge in [0.25, 0.3) is 5.91 Å². The van der Waals surface area contributed by atoms with Crippen molar-refractivity contribution < 1.29 is 14.0 Å². The molecule has 32 heavy (non-hydrogen) atoms. The van der Waals surface area contributed by atoms with Crippen LogP contribution in [-0.2, 0) is 11.2 Å². The number of benzene rings is 2. The molecular weight excluding hydrogens is 407 g/mol. The summed E-state index contributed by atoms with van der Waals surface area (Å²) in [6.45, 7) is 0.699. The Bertz CT molecular complexity index is 1040. The molecule has 0 saturated carbocycles. The summed E-state index contributed by atoms with van der Waals surface area (Å²) in [6.07, 6.45) is 3.64. The highest BCUT2D eigenvalue weighted by Crippen LogP contribution is 2.19. The maximum absolute atomic E-state index is 13.4. The van der Waals surface area contributed by atoms with E-state index in [1.54, 1.807) is 49.3 Å². The van der Waals surface area contributed by atoms with Crippen LogP contribution in [0.15, 0.2) is 60.7 Å². The third kappa shape index (κ3) is 6.51. The van der Waals surface area contributed by atoms with Crippen LogP contribution in [0.3, 0.4) is 0 Å². The zero-order valence-corrected chi connectivity index (χ0v) is 18.6. The van der Waals surface area contributed by atoms with Gasteiger partial charge in [-0.1, -0.05) is 36.8 Å². The molecule has 6 nitrogen and oxygen atoms in total. The summed E-state index contributed by atoms with van der Waals surface area (Å²) in [5, 5.41) is 7.28. The van der Waals surface area contributed by atoms with E-state index in [4.69, 9.17) is 0 Å². The van der Waals surface area contributed by atoms with Crippen molar-refractivity contribution in [2.24, 2.45) is 0 Å². The molecule has 1 N–H and O–H groups in total. The molecule has 7 heteroatoms. The van der Waals surface area contributed by atoms with Crippen molar-refractivity contribution in [3.63, 3.8) is 0 Å². The number of carbonyl (C=O) groups excluding carboxylic acids is 2. The molecule has 0 unspecified atom stereocenters. The SMILES string of the molecule is CN(CCCCCc1cc(-c2cccc(F)c2)n[nH]1)C(=O)CN(C)C(=O)c1ccccc1. The molecule has 0 aliphatic carbocycles. The zero-order chi connectivity index (χ0) is 22.9. The minimum atomic E-state index is -0.277. The second-order valence-electron chi connectivity index (χ2n) is 7.94. The van der Waals surface area contributed by atoms with Gasteiger partial charge < -0.3 is 9.80 Å². The lowest BCUT2D eigenvalue weighted by Crippen LogP contribution is -2.39. The van der Waals surface area contributed by atoms with Gasteiger partial charge in [-0.3, -0.25) is 14.7 Å². The number of nitrogens with zero attached hydrogens (tertiary/aromatic N) is 3. The van der Waals surface area contributed by atoms with Gasteiger partial charge in [0, 0.05) is 37.5 Å². The Morgan fingerprint density at radius 2 is 1.72 bits per heavy atom. The minimum Gasteiger partial charge on any atom is -0.344 e. The number of aryl methyl sites for hydroxylation is 1. The first-order valence-corrected chi connectivity index (χ1v) is 10.8. The smallest absolute Gasteiger partial charge is 0.254 e. The highest BCUT2D eigenvalue weighted by Gasteiger charge is 2.17. The quantitative estimate of drug-likeness (QED) is 0.485. The van der Waals surface area contributed by atoms with Crippen LogP contribution in [0.1, 0.15) is 35.3 Å². The van der Waals surface area contributed by atoms with Crippen LogP contribution in [-0.4, -0.2) is 59.0 Å². The van der Waals surface area contributed by atoms with Crippen LogP contribution in [0.25, 0.3) is 11.3 Å². The molecule has 1 heterocycles. The maximum atomic E-state index is 13.4. The number of unbranched alkanes of at least 4 members (excludes halogenated alkanes) is 2. The van der Waals surface area contributed by atoms with E-state index < -0.39 is 0 Å². The number of aromatic nitrogens is 2. The molecule has 0 saturated heterocycles. The first kappa shape index (κ1) is 23.2. The fourth-order valence-corrected chi connectivity index (χ4v) is 3.45. The van der Waals surface area contributed by atoms with Gasteiger partial charge in [0.2, 0.25) is 5.91 Å². The van der Waals surface area contributed by atoms with Crippen molar-refractivity contribution in [3.8, 4) is 11.3 Å². The van der Waals surface area contributed by atoms with E-state index in [9.17, 15) is 14.0 Å². The highest BCUT2D eigenvalue weighted by molar-refractivity contribution is 5.96. The zero-order valence-electron chi connectivity index (χ0n) is 18.6. The molecule has 0 spiro atoms. The van der Waals surface area contributed by atoms with Crippen molar-refractivity contribution in [1.82, 2.24) is 20.0 Å². The predicted octanol–water partition coefficient (Wildman–Crippen LogP) is 4.16. The number of hydrogen-bond donors (Lipinski definition) is 1. The van der Waals surface area contributed by atoms with Gasteiger partial charge in [0.1, 0.15) is 5.82 Å². The molecule has 1 aromatic heterocycles. The van der Waals surface area contributed by atoms with Crippen LogP contribution in [0.5, 0.6) is 0 Å². The van der Waals surface area contributed by atoms with Crippen LogP contribution in [0, 0.1) is 5.82 Å². The number of halogens is 1. The summed E-state index contributed by atoms with van der Waals surface area (Å²) in [5.74, 6) is -0.518. The lowest BCUT2D eigenvalue weighted by molar-refractivity contribution is -0.130. The molecule has 2 amide bonds. The molecule has 0 aliphatic rings. The Kier molecular flexibility index (Phi) is 8.14. The average molecular weight is 437 g/mol. The molecule has 0 atom stereocenters. The molecular formula is C25H29FN4O2. The number of rotatable bonds is 10. The lowest BCUT2D eigenvalue weighted by atomic mass is 10.1. The Hall–Kier alpha value is -3.48. The van der Waals surface area contributed by atoms with Gasteiger partial charge in [-0.2, -0.15) is 5.10 Å². The van der Waals surface area contributed by atoms with Gasteiger partial charge in [-0.25, -0.2) is 4.39 Å². The largest absolute Gasteiger partial charge is 0.344 e. The molecule has 3 aromatic rings. The van der Waals surface area contributed by atoms with E-state index >= 15 is 0 Å². The lowest BCUT2D eigenvalue weighted by Gasteiger charge is -2.22. The third-order valence-corrected chi connectivity index (χ3v) is 5.36. The van der Waals surface area contributed by atoms with Gasteiger partial charge in [-0.05, 0) is 49.6 Å². The average Bonchev–Trinajstić information content (AvgIpc) is 3.27.